The van der Waals surface area contributed by atoms with Gasteiger partial charge in [-0.25, -0.2) is 4.98 Å². The van der Waals surface area contributed by atoms with E-state index in [0.29, 0.717) is 37.6 Å². The van der Waals surface area contributed by atoms with Crippen molar-refractivity contribution in [3.8, 4) is 0 Å². The SMILES string of the molecule is C=CC(=O)N1CCO[C@H](CN2CCC(Nc3cc(C(C)C)cn4c(C(C)C)cnc34)CC2)C1. The number of likely N-dealkylation sites (tertiary alicyclic amines) is 1. The minimum absolute atomic E-state index is 0.000710. The van der Waals surface area contributed by atoms with Crippen molar-refractivity contribution < 1.29 is 9.53 Å². The minimum Gasteiger partial charge on any atom is -0.379 e. The number of rotatable bonds is 7. The van der Waals surface area contributed by atoms with E-state index in [1.807, 2.05) is 11.1 Å². The third-order valence-corrected chi connectivity index (χ3v) is 6.95. The van der Waals surface area contributed by atoms with E-state index in [9.17, 15) is 4.79 Å². The van der Waals surface area contributed by atoms with Gasteiger partial charge in [0.05, 0.1) is 18.4 Å². The van der Waals surface area contributed by atoms with Crippen LogP contribution in [-0.4, -0.2) is 76.6 Å². The van der Waals surface area contributed by atoms with Crippen LogP contribution in [0.25, 0.3) is 5.65 Å². The number of carbonyl (C=O) groups is 1. The summed E-state index contributed by atoms with van der Waals surface area (Å²) in [4.78, 5) is 21.0. The average Bonchev–Trinajstić information content (AvgIpc) is 3.25. The molecule has 4 heterocycles. The predicted molar refractivity (Wildman–Crippen MR) is 133 cm³/mol. The third kappa shape index (κ3) is 5.41. The van der Waals surface area contributed by atoms with Gasteiger partial charge in [-0.2, -0.15) is 0 Å². The molecule has 0 unspecified atom stereocenters. The molecule has 2 aliphatic rings. The van der Waals surface area contributed by atoms with Crippen LogP contribution in [-0.2, 0) is 9.53 Å². The lowest BCUT2D eigenvalue weighted by Gasteiger charge is -2.38. The number of morpholine rings is 1. The summed E-state index contributed by atoms with van der Waals surface area (Å²) < 4.78 is 8.21. The van der Waals surface area contributed by atoms with E-state index >= 15 is 0 Å². The van der Waals surface area contributed by atoms with Crippen molar-refractivity contribution in [2.24, 2.45) is 0 Å². The summed E-state index contributed by atoms with van der Waals surface area (Å²) in [6.07, 6.45) is 7.90. The molecule has 0 aromatic carbocycles. The molecule has 0 aliphatic carbocycles. The Morgan fingerprint density at radius 2 is 2.00 bits per heavy atom. The molecule has 7 nitrogen and oxygen atoms in total. The monoisotopic (exact) mass is 453 g/mol. The van der Waals surface area contributed by atoms with Gasteiger partial charge in [0.15, 0.2) is 5.65 Å². The molecule has 180 valence electrons. The molecular weight excluding hydrogens is 414 g/mol. The van der Waals surface area contributed by atoms with E-state index in [-0.39, 0.29) is 12.0 Å². The quantitative estimate of drug-likeness (QED) is 0.645. The summed E-state index contributed by atoms with van der Waals surface area (Å²) >= 11 is 0. The molecule has 4 rings (SSSR count). The van der Waals surface area contributed by atoms with E-state index in [1.54, 1.807) is 0 Å². The van der Waals surface area contributed by atoms with Gasteiger partial charge in [-0.15, -0.1) is 0 Å². The number of imidazole rings is 1. The second-order valence-electron chi connectivity index (χ2n) is 10.1. The van der Waals surface area contributed by atoms with Crippen molar-refractivity contribution in [2.75, 3.05) is 44.6 Å². The highest BCUT2D eigenvalue weighted by Gasteiger charge is 2.27. The molecule has 0 saturated carbocycles. The lowest BCUT2D eigenvalue weighted by atomic mass is 10.0. The van der Waals surface area contributed by atoms with Crippen LogP contribution in [0.1, 0.15) is 63.6 Å². The van der Waals surface area contributed by atoms with Crippen molar-refractivity contribution in [2.45, 2.75) is 64.5 Å². The summed E-state index contributed by atoms with van der Waals surface area (Å²) in [5.74, 6) is 0.890. The maximum atomic E-state index is 11.9. The molecule has 33 heavy (non-hydrogen) atoms. The van der Waals surface area contributed by atoms with Crippen molar-refractivity contribution in [1.29, 1.82) is 0 Å². The first-order valence-electron chi connectivity index (χ1n) is 12.4. The van der Waals surface area contributed by atoms with Gasteiger partial charge in [0, 0.05) is 56.9 Å². The van der Waals surface area contributed by atoms with Gasteiger partial charge in [-0.05, 0) is 42.4 Å². The van der Waals surface area contributed by atoms with Crippen LogP contribution in [0.4, 0.5) is 5.69 Å². The van der Waals surface area contributed by atoms with Gasteiger partial charge in [0.1, 0.15) is 0 Å². The smallest absolute Gasteiger partial charge is 0.246 e. The first-order valence-corrected chi connectivity index (χ1v) is 12.4. The highest BCUT2D eigenvalue weighted by atomic mass is 16.5. The molecule has 2 saturated heterocycles. The predicted octanol–water partition coefficient (Wildman–Crippen LogP) is 3.87. The number of fused-ring (bicyclic) bond motifs is 1. The summed E-state index contributed by atoms with van der Waals surface area (Å²) in [5, 5.41) is 3.82. The standard InChI is InChI=1S/C26H39N5O2/c1-6-25(32)30-11-12-33-22(17-30)16-29-9-7-21(8-10-29)28-23-13-20(18(2)3)15-31-24(19(4)5)14-27-26(23)31/h6,13-15,18-19,21-22,28H,1,7-12,16-17H2,2-5H3/t22-/m1/s1. The van der Waals surface area contributed by atoms with Crippen LogP contribution in [0, 0.1) is 0 Å². The van der Waals surface area contributed by atoms with Gasteiger partial charge in [0.25, 0.3) is 0 Å². The van der Waals surface area contributed by atoms with Crippen LogP contribution in [0.3, 0.4) is 0 Å². The fourth-order valence-corrected chi connectivity index (χ4v) is 4.90. The van der Waals surface area contributed by atoms with Gasteiger partial charge in [-0.3, -0.25) is 4.79 Å². The summed E-state index contributed by atoms with van der Waals surface area (Å²) in [5.41, 5.74) is 4.74. The molecule has 2 aromatic rings. The number of ether oxygens (including phenoxy) is 1. The number of carbonyl (C=O) groups excluding carboxylic acids is 1. The van der Waals surface area contributed by atoms with Crippen LogP contribution in [0.5, 0.6) is 0 Å². The number of pyridine rings is 1. The number of nitrogens with zero attached hydrogens (tertiary/aromatic N) is 4. The molecule has 2 aromatic heterocycles. The molecule has 1 atom stereocenters. The van der Waals surface area contributed by atoms with E-state index in [2.05, 4.69) is 61.2 Å². The lowest BCUT2D eigenvalue weighted by Crippen LogP contribution is -2.51. The number of nitrogens with one attached hydrogen (secondary N) is 1. The number of amides is 1. The number of piperidine rings is 1. The second-order valence-corrected chi connectivity index (χ2v) is 10.1. The first kappa shape index (κ1) is 23.8. The summed E-state index contributed by atoms with van der Waals surface area (Å²) in [6.45, 7) is 17.4. The number of aromatic nitrogens is 2. The Morgan fingerprint density at radius 3 is 2.67 bits per heavy atom. The molecule has 1 N–H and O–H groups in total. The second kappa shape index (κ2) is 10.3. The minimum atomic E-state index is 0.000710. The van der Waals surface area contributed by atoms with Crippen molar-refractivity contribution >= 4 is 17.2 Å². The van der Waals surface area contributed by atoms with Gasteiger partial charge in [0.2, 0.25) is 5.91 Å². The van der Waals surface area contributed by atoms with Crippen molar-refractivity contribution in [1.82, 2.24) is 19.2 Å². The zero-order valence-corrected chi connectivity index (χ0v) is 20.6. The van der Waals surface area contributed by atoms with E-state index < -0.39 is 0 Å². The molecule has 0 radical (unpaired) electrons. The van der Waals surface area contributed by atoms with E-state index in [1.165, 1.54) is 17.3 Å². The van der Waals surface area contributed by atoms with Crippen LogP contribution in [0.2, 0.25) is 0 Å². The Labute approximate surface area is 197 Å². The van der Waals surface area contributed by atoms with Crippen molar-refractivity contribution in [3.63, 3.8) is 0 Å². The lowest BCUT2D eigenvalue weighted by molar-refractivity contribution is -0.134. The van der Waals surface area contributed by atoms with Crippen LogP contribution >= 0.6 is 0 Å². The normalized spacial score (nSPS) is 20.7. The molecule has 1 amide bonds. The number of anilines is 1. The Hall–Kier alpha value is -2.38. The first-order chi connectivity index (χ1) is 15.9. The highest BCUT2D eigenvalue weighted by Crippen LogP contribution is 2.28. The van der Waals surface area contributed by atoms with Crippen molar-refractivity contribution in [3.05, 3.63) is 42.4 Å². The van der Waals surface area contributed by atoms with E-state index in [4.69, 9.17) is 9.72 Å². The largest absolute Gasteiger partial charge is 0.379 e. The fourth-order valence-electron chi connectivity index (χ4n) is 4.90. The van der Waals surface area contributed by atoms with E-state index in [0.717, 1.165) is 43.8 Å². The summed E-state index contributed by atoms with van der Waals surface area (Å²) in [6, 6.07) is 2.71. The molecule has 0 bridgehead atoms. The Morgan fingerprint density at radius 1 is 1.24 bits per heavy atom. The maximum absolute atomic E-state index is 11.9. The maximum Gasteiger partial charge on any atom is 0.246 e. The fraction of sp³-hybridized carbons (Fsp3) is 0.615. The molecule has 0 spiro atoms. The van der Waals surface area contributed by atoms with Crippen LogP contribution in [0.15, 0.2) is 31.1 Å². The number of hydrogen-bond donors (Lipinski definition) is 1. The zero-order valence-electron chi connectivity index (χ0n) is 20.6. The summed E-state index contributed by atoms with van der Waals surface area (Å²) in [7, 11) is 0. The van der Waals surface area contributed by atoms with Gasteiger partial charge >= 0.3 is 0 Å². The molecule has 7 heteroatoms. The molecule has 2 fully saturated rings. The Bertz CT molecular complexity index is 974. The third-order valence-electron chi connectivity index (χ3n) is 6.95. The zero-order chi connectivity index (χ0) is 23.5. The Balaban J connectivity index is 1.38. The van der Waals surface area contributed by atoms with Gasteiger partial charge < -0.3 is 24.3 Å². The molecule has 2 aliphatic heterocycles. The van der Waals surface area contributed by atoms with Gasteiger partial charge in [-0.1, -0.05) is 34.3 Å². The van der Waals surface area contributed by atoms with Crippen LogP contribution < -0.4 is 5.32 Å². The topological polar surface area (TPSA) is 62.1 Å². The number of hydrogen-bond acceptors (Lipinski definition) is 5. The highest BCUT2D eigenvalue weighted by molar-refractivity contribution is 5.87. The Kier molecular flexibility index (Phi) is 7.39. The molecular formula is C26H39N5O2. The average molecular weight is 454 g/mol.